The van der Waals surface area contributed by atoms with Gasteiger partial charge in [0.25, 0.3) is 0 Å². The molecular weight excluding hydrogens is 196 g/mol. The van der Waals surface area contributed by atoms with Gasteiger partial charge in [0.2, 0.25) is 5.91 Å². The molecule has 1 rings (SSSR count). The van der Waals surface area contributed by atoms with Crippen molar-refractivity contribution in [3.63, 3.8) is 0 Å². The van der Waals surface area contributed by atoms with Crippen molar-refractivity contribution in [2.24, 2.45) is 5.73 Å². The van der Waals surface area contributed by atoms with Gasteiger partial charge in [-0.15, -0.1) is 0 Å². The first-order valence-corrected chi connectivity index (χ1v) is 5.48. The number of hydrogen-bond acceptors (Lipinski definition) is 3. The molecule has 0 saturated carbocycles. The van der Waals surface area contributed by atoms with Crippen molar-refractivity contribution in [3.05, 3.63) is 22.4 Å². The Labute approximate surface area is 88.3 Å². The van der Waals surface area contributed by atoms with Gasteiger partial charge in [-0.05, 0) is 36.2 Å². The highest BCUT2D eigenvalue weighted by atomic mass is 32.1. The Kier molecular flexibility index (Phi) is 3.66. The molecule has 1 heterocycles. The van der Waals surface area contributed by atoms with E-state index in [-0.39, 0.29) is 11.4 Å². The Hall–Kier alpha value is -0.870. The number of carbonyl (C=O) groups is 1. The van der Waals surface area contributed by atoms with Crippen LogP contribution in [0.3, 0.4) is 0 Å². The van der Waals surface area contributed by atoms with Gasteiger partial charge in [0, 0.05) is 18.5 Å². The van der Waals surface area contributed by atoms with E-state index in [9.17, 15) is 4.79 Å². The summed E-state index contributed by atoms with van der Waals surface area (Å²) in [5.74, 6) is -0.271. The highest BCUT2D eigenvalue weighted by Gasteiger charge is 2.19. The van der Waals surface area contributed by atoms with Crippen molar-refractivity contribution in [1.82, 2.24) is 5.32 Å². The zero-order chi connectivity index (χ0) is 10.6. The predicted octanol–water partition coefficient (Wildman–Crippen LogP) is 1.49. The summed E-state index contributed by atoms with van der Waals surface area (Å²) >= 11 is 1.67. The Morgan fingerprint density at radius 3 is 2.86 bits per heavy atom. The predicted molar refractivity (Wildman–Crippen MR) is 59.0 cm³/mol. The van der Waals surface area contributed by atoms with Gasteiger partial charge in [-0.2, -0.15) is 11.3 Å². The molecule has 78 valence electrons. The Bertz CT molecular complexity index is 293. The third-order valence-electron chi connectivity index (χ3n) is 1.97. The van der Waals surface area contributed by atoms with Gasteiger partial charge in [0.15, 0.2) is 0 Å². The molecule has 0 bridgehead atoms. The van der Waals surface area contributed by atoms with Gasteiger partial charge in [0.1, 0.15) is 0 Å². The van der Waals surface area contributed by atoms with Crippen LogP contribution in [-0.4, -0.2) is 11.4 Å². The maximum atomic E-state index is 10.8. The Balaban J connectivity index is 2.40. The lowest BCUT2D eigenvalue weighted by Gasteiger charge is -2.24. The van der Waals surface area contributed by atoms with E-state index in [1.54, 1.807) is 11.3 Å². The average molecular weight is 212 g/mol. The lowest BCUT2D eigenvalue weighted by Crippen LogP contribution is -2.42. The standard InChI is InChI=1S/C10H16N2OS/c1-10(2,5-9(11)13)12-6-8-3-4-14-7-8/h3-4,7,12H,5-6H2,1-2H3,(H2,11,13). The largest absolute Gasteiger partial charge is 0.370 e. The molecule has 1 amide bonds. The Morgan fingerprint density at radius 2 is 2.36 bits per heavy atom. The molecule has 0 saturated heterocycles. The molecule has 1 aromatic heterocycles. The summed E-state index contributed by atoms with van der Waals surface area (Å²) in [6.45, 7) is 4.73. The van der Waals surface area contributed by atoms with Crippen LogP contribution >= 0.6 is 11.3 Å². The van der Waals surface area contributed by atoms with Crippen LogP contribution in [0.2, 0.25) is 0 Å². The number of carbonyl (C=O) groups excluding carboxylic acids is 1. The van der Waals surface area contributed by atoms with E-state index in [4.69, 9.17) is 5.73 Å². The van der Waals surface area contributed by atoms with E-state index in [1.165, 1.54) is 5.56 Å². The van der Waals surface area contributed by atoms with Gasteiger partial charge in [-0.3, -0.25) is 4.79 Å². The molecule has 3 N–H and O–H groups in total. The van der Waals surface area contributed by atoms with Crippen molar-refractivity contribution >= 4 is 17.2 Å². The molecular formula is C10H16N2OS. The van der Waals surface area contributed by atoms with Crippen LogP contribution in [0, 0.1) is 0 Å². The fourth-order valence-corrected chi connectivity index (χ4v) is 1.90. The molecule has 0 atom stereocenters. The van der Waals surface area contributed by atoms with Crippen LogP contribution in [0.5, 0.6) is 0 Å². The molecule has 0 fully saturated rings. The van der Waals surface area contributed by atoms with Crippen molar-refractivity contribution in [2.75, 3.05) is 0 Å². The number of nitrogens with one attached hydrogen (secondary N) is 1. The number of nitrogens with two attached hydrogens (primary N) is 1. The quantitative estimate of drug-likeness (QED) is 0.777. The van der Waals surface area contributed by atoms with Crippen LogP contribution in [0.4, 0.5) is 0 Å². The zero-order valence-electron chi connectivity index (χ0n) is 8.54. The topological polar surface area (TPSA) is 55.1 Å². The molecule has 3 nitrogen and oxygen atoms in total. The van der Waals surface area contributed by atoms with E-state index >= 15 is 0 Å². The number of thiophene rings is 1. The van der Waals surface area contributed by atoms with Gasteiger partial charge < -0.3 is 11.1 Å². The maximum absolute atomic E-state index is 10.8. The number of primary amides is 1. The second-order valence-corrected chi connectivity index (χ2v) is 4.79. The van der Waals surface area contributed by atoms with Gasteiger partial charge in [-0.25, -0.2) is 0 Å². The summed E-state index contributed by atoms with van der Waals surface area (Å²) in [6.07, 6.45) is 0.358. The molecule has 0 radical (unpaired) electrons. The van der Waals surface area contributed by atoms with Gasteiger partial charge >= 0.3 is 0 Å². The Morgan fingerprint density at radius 1 is 1.64 bits per heavy atom. The van der Waals surface area contributed by atoms with E-state index in [0.29, 0.717) is 6.42 Å². The second-order valence-electron chi connectivity index (χ2n) is 4.01. The van der Waals surface area contributed by atoms with Crippen LogP contribution in [0.15, 0.2) is 16.8 Å². The van der Waals surface area contributed by atoms with Crippen molar-refractivity contribution in [3.8, 4) is 0 Å². The summed E-state index contributed by atoms with van der Waals surface area (Å²) in [4.78, 5) is 10.8. The van der Waals surface area contributed by atoms with Crippen molar-refractivity contribution in [1.29, 1.82) is 0 Å². The summed E-state index contributed by atoms with van der Waals surface area (Å²) < 4.78 is 0. The van der Waals surface area contributed by atoms with E-state index < -0.39 is 0 Å². The second kappa shape index (κ2) is 4.57. The first-order chi connectivity index (χ1) is 6.49. The highest BCUT2D eigenvalue weighted by Crippen LogP contribution is 2.11. The zero-order valence-corrected chi connectivity index (χ0v) is 9.36. The fourth-order valence-electron chi connectivity index (χ4n) is 1.23. The highest BCUT2D eigenvalue weighted by molar-refractivity contribution is 7.07. The number of amides is 1. The molecule has 0 aliphatic carbocycles. The summed E-state index contributed by atoms with van der Waals surface area (Å²) in [5.41, 5.74) is 6.17. The average Bonchev–Trinajstić information content (AvgIpc) is 2.50. The third-order valence-corrected chi connectivity index (χ3v) is 2.70. The fraction of sp³-hybridized carbons (Fsp3) is 0.500. The molecule has 0 aromatic carbocycles. The minimum atomic E-state index is -0.271. The first-order valence-electron chi connectivity index (χ1n) is 4.54. The van der Waals surface area contributed by atoms with Crippen LogP contribution in [0.1, 0.15) is 25.8 Å². The van der Waals surface area contributed by atoms with E-state index in [0.717, 1.165) is 6.54 Å². The molecule has 1 aromatic rings. The van der Waals surface area contributed by atoms with Crippen LogP contribution in [0.25, 0.3) is 0 Å². The molecule has 4 heteroatoms. The van der Waals surface area contributed by atoms with Crippen molar-refractivity contribution in [2.45, 2.75) is 32.4 Å². The third kappa shape index (κ3) is 3.89. The van der Waals surface area contributed by atoms with E-state index in [2.05, 4.69) is 16.8 Å². The van der Waals surface area contributed by atoms with Gasteiger partial charge in [-0.1, -0.05) is 0 Å². The minimum Gasteiger partial charge on any atom is -0.370 e. The van der Waals surface area contributed by atoms with Gasteiger partial charge in [0.05, 0.1) is 0 Å². The number of hydrogen-bond donors (Lipinski definition) is 2. The molecule has 0 aliphatic rings. The van der Waals surface area contributed by atoms with Crippen LogP contribution in [-0.2, 0) is 11.3 Å². The lowest BCUT2D eigenvalue weighted by molar-refractivity contribution is -0.119. The minimum absolute atomic E-state index is 0.228. The molecule has 14 heavy (non-hydrogen) atoms. The molecule has 0 aliphatic heterocycles. The summed E-state index contributed by atoms with van der Waals surface area (Å²) in [6, 6.07) is 2.07. The normalized spacial score (nSPS) is 11.6. The lowest BCUT2D eigenvalue weighted by atomic mass is 10.00. The van der Waals surface area contributed by atoms with Crippen LogP contribution < -0.4 is 11.1 Å². The SMILES string of the molecule is CC(C)(CC(N)=O)NCc1ccsc1. The van der Waals surface area contributed by atoms with Crippen molar-refractivity contribution < 1.29 is 4.79 Å². The van der Waals surface area contributed by atoms with E-state index in [1.807, 2.05) is 19.2 Å². The summed E-state index contributed by atoms with van der Waals surface area (Å²) in [7, 11) is 0. The smallest absolute Gasteiger partial charge is 0.219 e. The first kappa shape index (κ1) is 11.2. The summed E-state index contributed by atoms with van der Waals surface area (Å²) in [5, 5.41) is 7.43. The molecule has 0 unspecified atom stereocenters. The monoisotopic (exact) mass is 212 g/mol. The number of rotatable bonds is 5. The maximum Gasteiger partial charge on any atom is 0.219 e. The molecule has 0 spiro atoms.